The molecule has 2 aromatic carbocycles. The Labute approximate surface area is 138 Å². The molecular formula is C16H16ClFN2OS. The van der Waals surface area contributed by atoms with Crippen molar-refractivity contribution in [1.82, 2.24) is 0 Å². The number of rotatable bonds is 5. The summed E-state index contributed by atoms with van der Waals surface area (Å²) in [6.45, 7) is 0.411. The number of benzene rings is 2. The minimum atomic E-state index is -0.336. The molecule has 22 heavy (non-hydrogen) atoms. The molecule has 6 heteroatoms. The van der Waals surface area contributed by atoms with Crippen LogP contribution in [0.3, 0.4) is 0 Å². The second kappa shape index (κ2) is 8.06. The number of thioether (sulfide) groups is 1. The zero-order valence-electron chi connectivity index (χ0n) is 12.1. The van der Waals surface area contributed by atoms with E-state index in [2.05, 4.69) is 4.99 Å². The van der Waals surface area contributed by atoms with Crippen molar-refractivity contribution in [3.05, 3.63) is 64.4 Å². The van der Waals surface area contributed by atoms with Crippen LogP contribution in [0.25, 0.3) is 0 Å². The molecule has 0 saturated heterocycles. The van der Waals surface area contributed by atoms with Crippen LogP contribution in [0.5, 0.6) is 5.75 Å². The van der Waals surface area contributed by atoms with E-state index in [0.29, 0.717) is 28.1 Å². The first-order chi connectivity index (χ1) is 10.6. The zero-order valence-corrected chi connectivity index (χ0v) is 13.6. The molecule has 0 heterocycles. The number of nitrogens with zero attached hydrogens (tertiary/aromatic N) is 1. The highest BCUT2D eigenvalue weighted by atomic mass is 35.5. The molecule has 2 N–H and O–H groups in total. The summed E-state index contributed by atoms with van der Waals surface area (Å²) in [5, 5.41) is 0.773. The average Bonchev–Trinajstić information content (AvgIpc) is 2.52. The summed E-state index contributed by atoms with van der Waals surface area (Å²) in [6.07, 6.45) is 0. The highest BCUT2D eigenvalue weighted by molar-refractivity contribution is 8.13. The van der Waals surface area contributed by atoms with E-state index in [4.69, 9.17) is 22.1 Å². The van der Waals surface area contributed by atoms with Crippen LogP contribution in [0.1, 0.15) is 11.1 Å². The van der Waals surface area contributed by atoms with Crippen LogP contribution in [0.4, 0.5) is 4.39 Å². The SMILES string of the molecule is COc1ccccc1CN=C(N)SCc1c(F)cccc1Cl. The fourth-order valence-corrected chi connectivity index (χ4v) is 2.91. The molecule has 0 unspecified atom stereocenters. The quantitative estimate of drug-likeness (QED) is 0.655. The molecule has 0 fully saturated rings. The summed E-state index contributed by atoms with van der Waals surface area (Å²) in [5.74, 6) is 0.769. The van der Waals surface area contributed by atoms with Crippen molar-refractivity contribution in [3.63, 3.8) is 0 Å². The Balaban J connectivity index is 1.99. The summed E-state index contributed by atoms with van der Waals surface area (Å²) in [6, 6.07) is 12.2. The van der Waals surface area contributed by atoms with Gasteiger partial charge in [0.25, 0.3) is 0 Å². The van der Waals surface area contributed by atoms with Crippen molar-refractivity contribution in [2.75, 3.05) is 7.11 Å². The van der Waals surface area contributed by atoms with Crippen LogP contribution < -0.4 is 10.5 Å². The van der Waals surface area contributed by atoms with Gasteiger partial charge in [-0.1, -0.05) is 47.6 Å². The van der Waals surface area contributed by atoms with Gasteiger partial charge < -0.3 is 10.5 Å². The highest BCUT2D eigenvalue weighted by Crippen LogP contribution is 2.24. The van der Waals surface area contributed by atoms with Gasteiger partial charge in [-0.15, -0.1) is 0 Å². The van der Waals surface area contributed by atoms with E-state index < -0.39 is 0 Å². The van der Waals surface area contributed by atoms with Gasteiger partial charge in [-0.05, 0) is 18.2 Å². The van der Waals surface area contributed by atoms with Gasteiger partial charge in [0.2, 0.25) is 0 Å². The van der Waals surface area contributed by atoms with Crippen LogP contribution in [0, 0.1) is 5.82 Å². The molecule has 0 amide bonds. The number of ether oxygens (including phenoxy) is 1. The standard InChI is InChI=1S/C16H16ClFN2OS/c1-21-15-8-3-2-5-11(15)9-20-16(19)22-10-12-13(17)6-4-7-14(12)18/h2-8H,9-10H2,1H3,(H2,19,20). The minimum Gasteiger partial charge on any atom is -0.496 e. The molecule has 3 nitrogen and oxygen atoms in total. The van der Waals surface area contributed by atoms with Crippen molar-refractivity contribution in [1.29, 1.82) is 0 Å². The molecule has 0 atom stereocenters. The number of amidine groups is 1. The smallest absolute Gasteiger partial charge is 0.154 e. The Morgan fingerprint density at radius 1 is 1.27 bits per heavy atom. The van der Waals surface area contributed by atoms with Gasteiger partial charge >= 0.3 is 0 Å². The van der Waals surface area contributed by atoms with Crippen molar-refractivity contribution in [2.45, 2.75) is 12.3 Å². The lowest BCUT2D eigenvalue weighted by Crippen LogP contribution is -2.08. The van der Waals surface area contributed by atoms with Crippen LogP contribution in [0.2, 0.25) is 5.02 Å². The van der Waals surface area contributed by atoms with Crippen molar-refractivity contribution in [3.8, 4) is 5.75 Å². The lowest BCUT2D eigenvalue weighted by atomic mass is 10.2. The van der Waals surface area contributed by atoms with E-state index in [-0.39, 0.29) is 5.82 Å². The van der Waals surface area contributed by atoms with Crippen LogP contribution in [-0.4, -0.2) is 12.3 Å². The highest BCUT2D eigenvalue weighted by Gasteiger charge is 2.08. The van der Waals surface area contributed by atoms with Gasteiger partial charge in [0, 0.05) is 21.9 Å². The summed E-state index contributed by atoms with van der Waals surface area (Å²) in [7, 11) is 1.61. The Bertz CT molecular complexity index is 659. The number of halogens is 2. The van der Waals surface area contributed by atoms with Gasteiger partial charge in [0.05, 0.1) is 13.7 Å². The first-order valence-corrected chi connectivity index (χ1v) is 7.95. The van der Waals surface area contributed by atoms with E-state index in [1.54, 1.807) is 19.2 Å². The maximum Gasteiger partial charge on any atom is 0.154 e. The fraction of sp³-hybridized carbons (Fsp3) is 0.188. The van der Waals surface area contributed by atoms with E-state index >= 15 is 0 Å². The second-order valence-electron chi connectivity index (χ2n) is 4.46. The predicted octanol–water partition coefficient (Wildman–Crippen LogP) is 4.24. The third-order valence-electron chi connectivity index (χ3n) is 3.02. The Morgan fingerprint density at radius 3 is 2.77 bits per heavy atom. The lowest BCUT2D eigenvalue weighted by Gasteiger charge is -2.07. The number of aliphatic imine (C=N–C) groups is 1. The van der Waals surface area contributed by atoms with Gasteiger partial charge in [-0.3, -0.25) is 4.99 Å². The van der Waals surface area contributed by atoms with Crippen LogP contribution in [0.15, 0.2) is 47.5 Å². The lowest BCUT2D eigenvalue weighted by molar-refractivity contribution is 0.410. The number of hydrogen-bond donors (Lipinski definition) is 1. The maximum absolute atomic E-state index is 13.7. The second-order valence-corrected chi connectivity index (χ2v) is 5.86. The molecule has 0 aliphatic rings. The molecule has 0 spiro atoms. The monoisotopic (exact) mass is 338 g/mol. The minimum absolute atomic E-state index is 0.336. The van der Waals surface area contributed by atoms with Crippen LogP contribution in [-0.2, 0) is 12.3 Å². The number of para-hydroxylation sites is 1. The van der Waals surface area contributed by atoms with Crippen molar-refractivity contribution >= 4 is 28.5 Å². The molecule has 0 aliphatic heterocycles. The Morgan fingerprint density at radius 2 is 2.05 bits per heavy atom. The normalized spacial score (nSPS) is 11.5. The third kappa shape index (κ3) is 4.39. The van der Waals surface area contributed by atoms with E-state index in [9.17, 15) is 4.39 Å². The molecule has 2 rings (SSSR count). The molecule has 0 saturated carbocycles. The first kappa shape index (κ1) is 16.6. The molecule has 2 aromatic rings. The predicted molar refractivity (Wildman–Crippen MR) is 91.0 cm³/mol. The van der Waals surface area contributed by atoms with Gasteiger partial charge in [0.1, 0.15) is 11.6 Å². The fourth-order valence-electron chi connectivity index (χ4n) is 1.86. The Kier molecular flexibility index (Phi) is 6.10. The van der Waals surface area contributed by atoms with Crippen LogP contribution >= 0.6 is 23.4 Å². The van der Waals surface area contributed by atoms with E-state index in [0.717, 1.165) is 11.3 Å². The topological polar surface area (TPSA) is 47.6 Å². The molecule has 0 bridgehead atoms. The summed E-state index contributed by atoms with van der Waals surface area (Å²) < 4.78 is 18.9. The largest absolute Gasteiger partial charge is 0.496 e. The summed E-state index contributed by atoms with van der Waals surface area (Å²) in [5.41, 5.74) is 7.24. The molecule has 0 aliphatic carbocycles. The van der Waals surface area contributed by atoms with E-state index in [1.165, 1.54) is 17.8 Å². The average molecular weight is 339 g/mol. The van der Waals surface area contributed by atoms with Crippen molar-refractivity contribution < 1.29 is 9.13 Å². The molecular weight excluding hydrogens is 323 g/mol. The van der Waals surface area contributed by atoms with Gasteiger partial charge in [0.15, 0.2) is 5.17 Å². The van der Waals surface area contributed by atoms with Gasteiger partial charge in [-0.2, -0.15) is 0 Å². The summed E-state index contributed by atoms with van der Waals surface area (Å²) >= 11 is 7.23. The third-order valence-corrected chi connectivity index (χ3v) is 4.24. The number of methoxy groups -OCH3 is 1. The molecule has 0 aromatic heterocycles. The maximum atomic E-state index is 13.7. The van der Waals surface area contributed by atoms with E-state index in [1.807, 2.05) is 24.3 Å². The zero-order chi connectivity index (χ0) is 15.9. The molecule has 116 valence electrons. The number of hydrogen-bond acceptors (Lipinski definition) is 3. The molecule has 0 radical (unpaired) electrons. The Hall–Kier alpha value is -1.72. The number of nitrogens with two attached hydrogens (primary N) is 1. The van der Waals surface area contributed by atoms with Crippen molar-refractivity contribution in [2.24, 2.45) is 10.7 Å². The summed E-state index contributed by atoms with van der Waals surface area (Å²) in [4.78, 5) is 4.29. The van der Waals surface area contributed by atoms with Gasteiger partial charge in [-0.25, -0.2) is 4.39 Å². The first-order valence-electron chi connectivity index (χ1n) is 6.59.